The number of allylic oxidation sites excluding steroid dienone is 1. The molecule has 0 saturated carbocycles. The van der Waals surface area contributed by atoms with Gasteiger partial charge in [-0.05, 0) is 6.92 Å². The molecule has 0 fully saturated rings. The SMILES string of the molecule is CC1=C(C(=O)On2c(O)ccc2O)C1. The van der Waals surface area contributed by atoms with Crippen LogP contribution in [0.4, 0.5) is 0 Å². The van der Waals surface area contributed by atoms with Crippen molar-refractivity contribution < 1.29 is 19.8 Å². The highest BCUT2D eigenvalue weighted by atomic mass is 16.7. The van der Waals surface area contributed by atoms with Gasteiger partial charge in [0.25, 0.3) is 0 Å². The Kier molecular flexibility index (Phi) is 1.73. The molecule has 1 aliphatic carbocycles. The van der Waals surface area contributed by atoms with Crippen molar-refractivity contribution in [1.82, 2.24) is 4.73 Å². The van der Waals surface area contributed by atoms with Gasteiger partial charge in [0.15, 0.2) is 0 Å². The molecule has 0 bridgehead atoms. The summed E-state index contributed by atoms with van der Waals surface area (Å²) in [6, 6.07) is 2.47. The summed E-state index contributed by atoms with van der Waals surface area (Å²) in [6.45, 7) is 1.83. The van der Waals surface area contributed by atoms with Gasteiger partial charge in [0.2, 0.25) is 11.8 Å². The van der Waals surface area contributed by atoms with E-state index in [2.05, 4.69) is 0 Å². The Balaban J connectivity index is 2.15. The molecule has 2 N–H and O–H groups in total. The maximum atomic E-state index is 11.3. The monoisotopic (exact) mass is 195 g/mol. The van der Waals surface area contributed by atoms with Crippen LogP contribution in [0, 0.1) is 0 Å². The zero-order valence-electron chi connectivity index (χ0n) is 7.52. The molecule has 14 heavy (non-hydrogen) atoms. The van der Waals surface area contributed by atoms with Crippen molar-refractivity contribution in [2.75, 3.05) is 0 Å². The van der Waals surface area contributed by atoms with Crippen molar-refractivity contribution in [3.63, 3.8) is 0 Å². The van der Waals surface area contributed by atoms with Gasteiger partial charge in [0, 0.05) is 24.1 Å². The minimum atomic E-state index is -0.538. The number of rotatable bonds is 2. The van der Waals surface area contributed by atoms with Gasteiger partial charge in [-0.15, -0.1) is 4.73 Å². The minimum absolute atomic E-state index is 0.310. The van der Waals surface area contributed by atoms with Crippen LogP contribution >= 0.6 is 0 Å². The van der Waals surface area contributed by atoms with Crippen LogP contribution in [0.5, 0.6) is 11.8 Å². The van der Waals surface area contributed by atoms with Gasteiger partial charge < -0.3 is 15.1 Å². The van der Waals surface area contributed by atoms with Crippen molar-refractivity contribution in [2.24, 2.45) is 0 Å². The second-order valence-electron chi connectivity index (χ2n) is 3.16. The minimum Gasteiger partial charge on any atom is -0.492 e. The summed E-state index contributed by atoms with van der Waals surface area (Å²) in [6.07, 6.45) is 0.641. The second kappa shape index (κ2) is 2.80. The Hall–Kier alpha value is -1.91. The van der Waals surface area contributed by atoms with Crippen LogP contribution in [0.15, 0.2) is 23.3 Å². The third kappa shape index (κ3) is 1.32. The number of hydrogen-bond donors (Lipinski definition) is 2. The Bertz CT molecular complexity index is 411. The summed E-state index contributed by atoms with van der Waals surface area (Å²) in [5.74, 6) is -1.16. The van der Waals surface area contributed by atoms with Crippen molar-refractivity contribution in [2.45, 2.75) is 13.3 Å². The van der Waals surface area contributed by atoms with Crippen LogP contribution in [-0.2, 0) is 4.79 Å². The normalized spacial score (nSPS) is 14.4. The lowest BCUT2D eigenvalue weighted by atomic mass is 10.5. The molecule has 1 aromatic rings. The van der Waals surface area contributed by atoms with Crippen LogP contribution in [0.25, 0.3) is 0 Å². The second-order valence-corrected chi connectivity index (χ2v) is 3.16. The van der Waals surface area contributed by atoms with E-state index in [1.54, 1.807) is 0 Å². The Morgan fingerprint density at radius 2 is 1.93 bits per heavy atom. The number of carbonyl (C=O) groups is 1. The molecule has 0 aliphatic heterocycles. The molecular formula is C9H9NO4. The highest BCUT2D eigenvalue weighted by Gasteiger charge is 2.27. The zero-order chi connectivity index (χ0) is 10.3. The molecule has 0 amide bonds. The van der Waals surface area contributed by atoms with E-state index in [4.69, 9.17) is 15.1 Å². The maximum absolute atomic E-state index is 11.3. The van der Waals surface area contributed by atoms with Crippen molar-refractivity contribution in [3.8, 4) is 11.8 Å². The molecule has 2 rings (SSSR count). The number of aromatic nitrogens is 1. The van der Waals surface area contributed by atoms with E-state index in [1.165, 1.54) is 12.1 Å². The fourth-order valence-electron chi connectivity index (χ4n) is 1.10. The maximum Gasteiger partial charge on any atom is 0.360 e. The molecule has 0 spiro atoms. The van der Waals surface area contributed by atoms with Crippen LogP contribution in [-0.4, -0.2) is 20.9 Å². The van der Waals surface area contributed by atoms with Crippen LogP contribution < -0.4 is 4.84 Å². The summed E-state index contributed by atoms with van der Waals surface area (Å²) in [5.41, 5.74) is 1.57. The number of carbonyl (C=O) groups excluding carboxylic acids is 1. The van der Waals surface area contributed by atoms with E-state index < -0.39 is 5.97 Å². The fraction of sp³-hybridized carbons (Fsp3) is 0.222. The first-order chi connectivity index (χ1) is 6.59. The van der Waals surface area contributed by atoms with Gasteiger partial charge in [-0.25, -0.2) is 4.79 Å². The highest BCUT2D eigenvalue weighted by molar-refractivity contribution is 5.94. The van der Waals surface area contributed by atoms with Gasteiger partial charge in [-0.1, -0.05) is 5.57 Å². The molecule has 0 unspecified atom stereocenters. The lowest BCUT2D eigenvalue weighted by molar-refractivity contribution is -0.140. The molecular weight excluding hydrogens is 186 g/mol. The van der Waals surface area contributed by atoms with Gasteiger partial charge in [-0.3, -0.25) is 0 Å². The standard InChI is InChI=1S/C9H9NO4/c1-5-4-6(5)9(13)14-10-7(11)2-3-8(10)12/h2-3,11-12H,4H2,1H3. The lowest BCUT2D eigenvalue weighted by Gasteiger charge is -2.04. The topological polar surface area (TPSA) is 71.7 Å². The van der Waals surface area contributed by atoms with Crippen LogP contribution in [0.1, 0.15) is 13.3 Å². The molecule has 74 valence electrons. The van der Waals surface area contributed by atoms with Crippen LogP contribution in [0.2, 0.25) is 0 Å². The molecule has 0 atom stereocenters. The third-order valence-corrected chi connectivity index (χ3v) is 2.05. The van der Waals surface area contributed by atoms with E-state index in [-0.39, 0.29) is 11.8 Å². The molecule has 0 saturated heterocycles. The average Bonchev–Trinajstić information content (AvgIpc) is 2.79. The van der Waals surface area contributed by atoms with Crippen molar-refractivity contribution in [1.29, 1.82) is 0 Å². The molecule has 1 aliphatic rings. The van der Waals surface area contributed by atoms with E-state index in [0.717, 1.165) is 5.57 Å². The average molecular weight is 195 g/mol. The largest absolute Gasteiger partial charge is 0.492 e. The van der Waals surface area contributed by atoms with Gasteiger partial charge in [0.05, 0.1) is 0 Å². The molecule has 1 aromatic heterocycles. The van der Waals surface area contributed by atoms with Gasteiger partial charge in [0.1, 0.15) is 0 Å². The predicted molar refractivity (Wildman–Crippen MR) is 46.7 cm³/mol. The predicted octanol–water partition coefficient (Wildman–Crippen LogP) is 0.575. The van der Waals surface area contributed by atoms with Gasteiger partial charge in [-0.2, -0.15) is 0 Å². The zero-order valence-corrected chi connectivity index (χ0v) is 7.52. The van der Waals surface area contributed by atoms with Gasteiger partial charge >= 0.3 is 5.97 Å². The van der Waals surface area contributed by atoms with E-state index in [0.29, 0.717) is 16.7 Å². The molecule has 0 aromatic carbocycles. The fourth-order valence-corrected chi connectivity index (χ4v) is 1.10. The number of nitrogens with zero attached hydrogens (tertiary/aromatic N) is 1. The van der Waals surface area contributed by atoms with E-state index >= 15 is 0 Å². The van der Waals surface area contributed by atoms with Crippen molar-refractivity contribution >= 4 is 5.97 Å². The molecule has 0 radical (unpaired) electrons. The summed E-state index contributed by atoms with van der Waals surface area (Å²) in [4.78, 5) is 16.0. The summed E-state index contributed by atoms with van der Waals surface area (Å²) in [5, 5.41) is 18.3. The highest BCUT2D eigenvalue weighted by Crippen LogP contribution is 2.30. The van der Waals surface area contributed by atoms with Crippen molar-refractivity contribution in [3.05, 3.63) is 23.3 Å². The number of hydrogen-bond acceptors (Lipinski definition) is 4. The first-order valence-electron chi connectivity index (χ1n) is 4.10. The lowest BCUT2D eigenvalue weighted by Crippen LogP contribution is -2.17. The summed E-state index contributed by atoms with van der Waals surface area (Å²) < 4.78 is 0.681. The molecule has 5 nitrogen and oxygen atoms in total. The summed E-state index contributed by atoms with van der Waals surface area (Å²) >= 11 is 0. The first-order valence-corrected chi connectivity index (χ1v) is 4.10. The Labute approximate surface area is 79.8 Å². The number of aromatic hydroxyl groups is 2. The smallest absolute Gasteiger partial charge is 0.360 e. The third-order valence-electron chi connectivity index (χ3n) is 2.05. The first kappa shape index (κ1) is 8.68. The Morgan fingerprint density at radius 3 is 2.36 bits per heavy atom. The van der Waals surface area contributed by atoms with Crippen LogP contribution in [0.3, 0.4) is 0 Å². The van der Waals surface area contributed by atoms with E-state index in [1.807, 2.05) is 6.92 Å². The van der Waals surface area contributed by atoms with E-state index in [9.17, 15) is 4.79 Å². The Morgan fingerprint density at radius 1 is 1.43 bits per heavy atom. The molecule has 1 heterocycles. The molecule has 5 heteroatoms. The quantitative estimate of drug-likeness (QED) is 0.723. The summed E-state index contributed by atoms with van der Waals surface area (Å²) in [7, 11) is 0.